The lowest BCUT2D eigenvalue weighted by Gasteiger charge is -2.12. The number of halogens is 2. The number of methoxy groups -OCH3 is 1. The largest absolute Gasteiger partial charge is 0.495 e. The third-order valence-corrected chi connectivity index (χ3v) is 4.27. The molecule has 0 aliphatic rings. The lowest BCUT2D eigenvalue weighted by molar-refractivity contribution is 0.0525. The fraction of sp³-hybridized carbons (Fsp3) is 0.312. The minimum Gasteiger partial charge on any atom is -0.495 e. The van der Waals surface area contributed by atoms with E-state index in [2.05, 4.69) is 31.9 Å². The minimum atomic E-state index is -0.398. The Morgan fingerprint density at radius 3 is 2.50 bits per heavy atom. The van der Waals surface area contributed by atoms with Crippen LogP contribution in [0.2, 0.25) is 0 Å². The Morgan fingerprint density at radius 2 is 1.91 bits per heavy atom. The van der Waals surface area contributed by atoms with Crippen LogP contribution in [0.4, 0.5) is 0 Å². The van der Waals surface area contributed by atoms with Crippen molar-refractivity contribution in [3.63, 3.8) is 0 Å². The molecule has 0 spiro atoms. The number of hydrogen-bond donors (Lipinski definition) is 0. The van der Waals surface area contributed by atoms with Crippen molar-refractivity contribution in [2.45, 2.75) is 20.8 Å². The second kappa shape index (κ2) is 6.87. The van der Waals surface area contributed by atoms with E-state index in [0.29, 0.717) is 35.0 Å². The highest BCUT2D eigenvalue weighted by Crippen LogP contribution is 2.43. The number of esters is 1. The van der Waals surface area contributed by atoms with Gasteiger partial charge in [0.25, 0.3) is 0 Å². The number of carbonyl (C=O) groups excluding carboxylic acids is 1. The van der Waals surface area contributed by atoms with Crippen molar-refractivity contribution < 1.29 is 18.7 Å². The molecule has 0 bridgehead atoms. The predicted molar refractivity (Wildman–Crippen MR) is 91.5 cm³/mol. The number of furan rings is 1. The SMILES string of the molecule is CCOC(=O)c1c(C)oc(C)c1-c1cc(Br)cc(Br)c1OC. The van der Waals surface area contributed by atoms with Gasteiger partial charge in [0.1, 0.15) is 22.8 Å². The van der Waals surface area contributed by atoms with E-state index in [0.717, 1.165) is 14.5 Å². The summed E-state index contributed by atoms with van der Waals surface area (Å²) in [4.78, 5) is 12.3. The maximum atomic E-state index is 12.3. The van der Waals surface area contributed by atoms with E-state index < -0.39 is 5.97 Å². The molecule has 0 N–H and O–H groups in total. The summed E-state index contributed by atoms with van der Waals surface area (Å²) in [6.45, 7) is 5.65. The number of carbonyl (C=O) groups is 1. The van der Waals surface area contributed by atoms with Gasteiger partial charge in [-0.25, -0.2) is 4.79 Å². The predicted octanol–water partition coefficient (Wildman–Crippen LogP) is 5.27. The van der Waals surface area contributed by atoms with Gasteiger partial charge in [0.15, 0.2) is 0 Å². The van der Waals surface area contributed by atoms with Crippen molar-refractivity contribution in [2.24, 2.45) is 0 Å². The summed E-state index contributed by atoms with van der Waals surface area (Å²) in [5, 5.41) is 0. The van der Waals surface area contributed by atoms with Crippen LogP contribution in [-0.4, -0.2) is 19.7 Å². The van der Waals surface area contributed by atoms with Gasteiger partial charge in [-0.1, -0.05) is 15.9 Å². The molecule has 0 fully saturated rings. The van der Waals surface area contributed by atoms with Gasteiger partial charge in [0.2, 0.25) is 0 Å². The molecule has 22 heavy (non-hydrogen) atoms. The standard InChI is InChI=1S/C16H16Br2O4/c1-5-21-16(19)14-9(3)22-8(2)13(14)11-6-10(17)7-12(18)15(11)20-4/h6-7H,5H2,1-4H3. The van der Waals surface area contributed by atoms with Gasteiger partial charge in [0, 0.05) is 15.6 Å². The van der Waals surface area contributed by atoms with E-state index in [4.69, 9.17) is 13.9 Å². The molecule has 0 unspecified atom stereocenters. The first-order valence-corrected chi connectivity index (χ1v) is 8.29. The molecule has 6 heteroatoms. The van der Waals surface area contributed by atoms with Gasteiger partial charge >= 0.3 is 5.97 Å². The summed E-state index contributed by atoms with van der Waals surface area (Å²) in [5.41, 5.74) is 1.89. The van der Waals surface area contributed by atoms with E-state index in [1.54, 1.807) is 21.0 Å². The maximum Gasteiger partial charge on any atom is 0.342 e. The number of aryl methyl sites for hydroxylation is 2. The Bertz CT molecular complexity index is 719. The first-order valence-electron chi connectivity index (χ1n) is 6.71. The zero-order valence-electron chi connectivity index (χ0n) is 12.8. The molecule has 1 heterocycles. The zero-order chi connectivity index (χ0) is 16.4. The molecule has 4 nitrogen and oxygen atoms in total. The molecule has 2 aromatic rings. The number of rotatable bonds is 4. The summed E-state index contributed by atoms with van der Waals surface area (Å²) in [5.74, 6) is 1.41. The van der Waals surface area contributed by atoms with Crippen molar-refractivity contribution >= 4 is 37.8 Å². The Labute approximate surface area is 146 Å². The smallest absolute Gasteiger partial charge is 0.342 e. The molecule has 1 aromatic carbocycles. The van der Waals surface area contributed by atoms with E-state index >= 15 is 0 Å². The van der Waals surface area contributed by atoms with Crippen molar-refractivity contribution in [1.29, 1.82) is 0 Å². The highest BCUT2D eigenvalue weighted by molar-refractivity contribution is 9.11. The van der Waals surface area contributed by atoms with Crippen molar-refractivity contribution in [3.8, 4) is 16.9 Å². The van der Waals surface area contributed by atoms with E-state index in [1.807, 2.05) is 19.1 Å². The molecule has 0 saturated heterocycles. The van der Waals surface area contributed by atoms with Gasteiger partial charge < -0.3 is 13.9 Å². The third kappa shape index (κ3) is 3.08. The van der Waals surface area contributed by atoms with Crippen LogP contribution in [0.25, 0.3) is 11.1 Å². The van der Waals surface area contributed by atoms with E-state index in [-0.39, 0.29) is 0 Å². The Hall–Kier alpha value is -1.27. The number of hydrogen-bond acceptors (Lipinski definition) is 4. The van der Waals surface area contributed by atoms with Crippen LogP contribution in [0.15, 0.2) is 25.5 Å². The highest BCUT2D eigenvalue weighted by atomic mass is 79.9. The fourth-order valence-corrected chi connectivity index (χ4v) is 3.80. The molecule has 0 atom stereocenters. The summed E-state index contributed by atoms with van der Waals surface area (Å²) in [6, 6.07) is 3.78. The van der Waals surface area contributed by atoms with Crippen LogP contribution in [0.1, 0.15) is 28.8 Å². The first-order chi connectivity index (χ1) is 10.4. The third-order valence-electron chi connectivity index (χ3n) is 3.22. The average Bonchev–Trinajstić information content (AvgIpc) is 2.72. The van der Waals surface area contributed by atoms with E-state index in [1.165, 1.54) is 0 Å². The molecule has 0 aliphatic carbocycles. The summed E-state index contributed by atoms with van der Waals surface area (Å²) in [6.07, 6.45) is 0. The van der Waals surface area contributed by atoms with Crippen LogP contribution in [0.3, 0.4) is 0 Å². The second-order valence-electron chi connectivity index (χ2n) is 4.65. The maximum absolute atomic E-state index is 12.3. The molecule has 0 saturated carbocycles. The lowest BCUT2D eigenvalue weighted by atomic mass is 9.99. The molecule has 2 rings (SSSR count). The monoisotopic (exact) mass is 430 g/mol. The second-order valence-corrected chi connectivity index (χ2v) is 6.42. The van der Waals surface area contributed by atoms with Crippen molar-refractivity contribution in [2.75, 3.05) is 13.7 Å². The number of benzene rings is 1. The molecular formula is C16H16Br2O4. The molecule has 1 aromatic heterocycles. The Balaban J connectivity index is 2.76. The normalized spacial score (nSPS) is 10.6. The minimum absolute atomic E-state index is 0.307. The fourth-order valence-electron chi connectivity index (χ4n) is 2.41. The van der Waals surface area contributed by atoms with Gasteiger partial charge in [-0.3, -0.25) is 0 Å². The average molecular weight is 432 g/mol. The van der Waals surface area contributed by atoms with Crippen LogP contribution in [-0.2, 0) is 4.74 Å². The van der Waals surface area contributed by atoms with Gasteiger partial charge in [-0.05, 0) is 48.8 Å². The molecular weight excluding hydrogens is 416 g/mol. The zero-order valence-corrected chi connectivity index (χ0v) is 15.9. The quantitative estimate of drug-likeness (QED) is 0.618. The first kappa shape index (κ1) is 17.1. The highest BCUT2D eigenvalue weighted by Gasteiger charge is 2.26. The Kier molecular flexibility index (Phi) is 5.34. The number of ether oxygens (including phenoxy) is 2. The topological polar surface area (TPSA) is 48.7 Å². The lowest BCUT2D eigenvalue weighted by Crippen LogP contribution is -2.07. The van der Waals surface area contributed by atoms with Gasteiger partial charge in [0.05, 0.1) is 18.2 Å². The van der Waals surface area contributed by atoms with Gasteiger partial charge in [-0.2, -0.15) is 0 Å². The van der Waals surface area contributed by atoms with Crippen LogP contribution < -0.4 is 4.74 Å². The van der Waals surface area contributed by atoms with E-state index in [9.17, 15) is 4.79 Å². The summed E-state index contributed by atoms with van der Waals surface area (Å²) < 4.78 is 17.9. The summed E-state index contributed by atoms with van der Waals surface area (Å²) in [7, 11) is 1.59. The molecule has 0 amide bonds. The van der Waals surface area contributed by atoms with Crippen LogP contribution >= 0.6 is 31.9 Å². The summed E-state index contributed by atoms with van der Waals surface area (Å²) >= 11 is 6.94. The van der Waals surface area contributed by atoms with Crippen molar-refractivity contribution in [3.05, 3.63) is 38.2 Å². The molecule has 0 aliphatic heterocycles. The van der Waals surface area contributed by atoms with Gasteiger partial charge in [-0.15, -0.1) is 0 Å². The van der Waals surface area contributed by atoms with Crippen LogP contribution in [0.5, 0.6) is 5.75 Å². The van der Waals surface area contributed by atoms with Crippen LogP contribution in [0, 0.1) is 13.8 Å². The Morgan fingerprint density at radius 1 is 1.23 bits per heavy atom. The molecule has 118 valence electrons. The van der Waals surface area contributed by atoms with Crippen molar-refractivity contribution in [1.82, 2.24) is 0 Å². The molecule has 0 radical (unpaired) electrons.